The summed E-state index contributed by atoms with van der Waals surface area (Å²) in [6.07, 6.45) is -0.221. The Morgan fingerprint density at radius 3 is 2.45 bits per heavy atom. The number of benzene rings is 2. The normalized spacial score (nSPS) is 10.6. The summed E-state index contributed by atoms with van der Waals surface area (Å²) in [6.45, 7) is 0. The standard InChI is InChI=1S/C19H16F2N4O6/c1-29-12-5-10(6-13(9-12)30-2)19-22-16(24-31-19)3-4-17(26)23-18-14(21)7-11(20)8-15(18)25(27)28/h5-9H,3-4H2,1-2H3,(H,23,26). The first kappa shape index (κ1) is 21.6. The van der Waals surface area contributed by atoms with Gasteiger partial charge in [0.15, 0.2) is 17.3 Å². The molecule has 3 aromatic rings. The second kappa shape index (κ2) is 9.15. The van der Waals surface area contributed by atoms with Gasteiger partial charge in [0.05, 0.1) is 25.2 Å². The van der Waals surface area contributed by atoms with Crippen molar-refractivity contribution < 1.29 is 32.5 Å². The molecule has 0 saturated heterocycles. The minimum Gasteiger partial charge on any atom is -0.497 e. The van der Waals surface area contributed by atoms with Crippen LogP contribution in [0.1, 0.15) is 12.2 Å². The van der Waals surface area contributed by atoms with E-state index in [1.807, 2.05) is 0 Å². The number of hydrogen-bond acceptors (Lipinski definition) is 8. The zero-order valence-electron chi connectivity index (χ0n) is 16.3. The number of nitro groups is 1. The molecule has 12 heteroatoms. The van der Waals surface area contributed by atoms with Crippen LogP contribution in [0.25, 0.3) is 11.5 Å². The third kappa shape index (κ3) is 5.10. The Kier molecular flexibility index (Phi) is 6.38. The molecule has 0 bridgehead atoms. The molecule has 3 rings (SSSR count). The third-order valence-electron chi connectivity index (χ3n) is 4.14. The van der Waals surface area contributed by atoms with Crippen LogP contribution >= 0.6 is 0 Å². The zero-order chi connectivity index (χ0) is 22.5. The molecule has 0 radical (unpaired) electrons. The highest BCUT2D eigenvalue weighted by atomic mass is 19.1. The maximum absolute atomic E-state index is 13.9. The predicted octanol–water partition coefficient (Wildman–Crippen LogP) is 3.51. The number of carbonyl (C=O) groups excluding carboxylic acids is 1. The third-order valence-corrected chi connectivity index (χ3v) is 4.14. The first-order chi connectivity index (χ1) is 14.8. The number of nitro benzene ring substituents is 1. The Labute approximate surface area is 173 Å². The van der Waals surface area contributed by atoms with Gasteiger partial charge in [0.2, 0.25) is 5.91 Å². The highest BCUT2D eigenvalue weighted by Gasteiger charge is 2.22. The van der Waals surface area contributed by atoms with Crippen molar-refractivity contribution >= 4 is 17.3 Å². The lowest BCUT2D eigenvalue weighted by Crippen LogP contribution is -2.15. The van der Waals surface area contributed by atoms with Crippen molar-refractivity contribution in [2.75, 3.05) is 19.5 Å². The average molecular weight is 434 g/mol. The summed E-state index contributed by atoms with van der Waals surface area (Å²) in [6, 6.07) is 5.94. The zero-order valence-corrected chi connectivity index (χ0v) is 16.3. The van der Waals surface area contributed by atoms with E-state index in [9.17, 15) is 23.7 Å². The molecule has 0 aliphatic rings. The van der Waals surface area contributed by atoms with E-state index in [-0.39, 0.29) is 24.6 Å². The van der Waals surface area contributed by atoms with Gasteiger partial charge < -0.3 is 19.3 Å². The number of aryl methyl sites for hydroxylation is 1. The lowest BCUT2D eigenvalue weighted by atomic mass is 10.2. The largest absolute Gasteiger partial charge is 0.497 e. The van der Waals surface area contributed by atoms with Gasteiger partial charge in [-0.15, -0.1) is 0 Å². The number of halogens is 2. The fourth-order valence-corrected chi connectivity index (χ4v) is 2.66. The molecule has 0 spiro atoms. The van der Waals surface area contributed by atoms with Gasteiger partial charge in [0.25, 0.3) is 11.6 Å². The Hall–Kier alpha value is -4.09. The van der Waals surface area contributed by atoms with Crippen LogP contribution in [0.15, 0.2) is 34.9 Å². The van der Waals surface area contributed by atoms with Gasteiger partial charge in [-0.1, -0.05) is 5.16 Å². The molecule has 0 aliphatic carbocycles. The maximum Gasteiger partial charge on any atom is 0.298 e. The maximum atomic E-state index is 13.9. The molecule has 0 unspecified atom stereocenters. The highest BCUT2D eigenvalue weighted by molar-refractivity contribution is 5.93. The van der Waals surface area contributed by atoms with Gasteiger partial charge in [-0.2, -0.15) is 4.98 Å². The van der Waals surface area contributed by atoms with E-state index in [2.05, 4.69) is 15.5 Å². The fourth-order valence-electron chi connectivity index (χ4n) is 2.66. The Balaban J connectivity index is 1.69. The molecule has 0 aliphatic heterocycles. The molecule has 162 valence electrons. The van der Waals surface area contributed by atoms with Crippen molar-refractivity contribution in [2.24, 2.45) is 0 Å². The van der Waals surface area contributed by atoms with Gasteiger partial charge in [-0.3, -0.25) is 14.9 Å². The van der Waals surface area contributed by atoms with Crippen LogP contribution in [0.5, 0.6) is 11.5 Å². The number of aromatic nitrogens is 2. The first-order valence-electron chi connectivity index (χ1n) is 8.80. The van der Waals surface area contributed by atoms with E-state index in [4.69, 9.17) is 14.0 Å². The number of ether oxygens (including phenoxy) is 2. The van der Waals surface area contributed by atoms with Crippen LogP contribution in [0, 0.1) is 21.7 Å². The quantitative estimate of drug-likeness (QED) is 0.421. The second-order valence-corrected chi connectivity index (χ2v) is 6.20. The van der Waals surface area contributed by atoms with E-state index in [0.717, 1.165) is 0 Å². The number of methoxy groups -OCH3 is 2. The van der Waals surface area contributed by atoms with E-state index in [0.29, 0.717) is 29.2 Å². The van der Waals surface area contributed by atoms with Crippen molar-refractivity contribution in [3.05, 3.63) is 57.9 Å². The summed E-state index contributed by atoms with van der Waals surface area (Å²) >= 11 is 0. The number of amides is 1. The van der Waals surface area contributed by atoms with E-state index in [1.54, 1.807) is 18.2 Å². The van der Waals surface area contributed by atoms with Crippen molar-refractivity contribution in [1.29, 1.82) is 0 Å². The SMILES string of the molecule is COc1cc(OC)cc(-c2nc(CCC(=O)Nc3c(F)cc(F)cc3[N+](=O)[O-])no2)c1. The Morgan fingerprint density at radius 2 is 1.84 bits per heavy atom. The van der Waals surface area contributed by atoms with Gasteiger partial charge >= 0.3 is 0 Å². The minimum atomic E-state index is -1.26. The van der Waals surface area contributed by atoms with Gasteiger partial charge in [0.1, 0.15) is 17.3 Å². The molecular weight excluding hydrogens is 418 g/mol. The number of rotatable bonds is 8. The summed E-state index contributed by atoms with van der Waals surface area (Å²) in [5, 5.41) is 16.8. The van der Waals surface area contributed by atoms with Crippen molar-refractivity contribution in [1.82, 2.24) is 10.1 Å². The number of carbonyl (C=O) groups is 1. The van der Waals surface area contributed by atoms with Crippen LogP contribution < -0.4 is 14.8 Å². The summed E-state index contributed by atoms with van der Waals surface area (Å²) < 4.78 is 42.7. The molecule has 0 fully saturated rings. The Morgan fingerprint density at radius 1 is 1.16 bits per heavy atom. The van der Waals surface area contributed by atoms with Crippen LogP contribution in [-0.4, -0.2) is 35.2 Å². The molecule has 0 atom stereocenters. The lowest BCUT2D eigenvalue weighted by molar-refractivity contribution is -0.384. The Bertz CT molecular complexity index is 1110. The first-order valence-corrected chi connectivity index (χ1v) is 8.80. The smallest absolute Gasteiger partial charge is 0.298 e. The summed E-state index contributed by atoms with van der Waals surface area (Å²) in [7, 11) is 2.98. The highest BCUT2D eigenvalue weighted by Crippen LogP contribution is 2.30. The molecule has 31 heavy (non-hydrogen) atoms. The molecule has 10 nitrogen and oxygen atoms in total. The summed E-state index contributed by atoms with van der Waals surface area (Å²) in [5.74, 6) is -1.77. The average Bonchev–Trinajstić information content (AvgIpc) is 3.22. The monoisotopic (exact) mass is 434 g/mol. The number of anilines is 1. The van der Waals surface area contributed by atoms with Crippen molar-refractivity contribution in [3.8, 4) is 23.0 Å². The molecule has 2 aromatic carbocycles. The molecule has 1 amide bonds. The van der Waals surface area contributed by atoms with Crippen LogP contribution in [-0.2, 0) is 11.2 Å². The van der Waals surface area contributed by atoms with Gasteiger partial charge in [0, 0.05) is 30.5 Å². The number of hydrogen-bond donors (Lipinski definition) is 1. The van der Waals surface area contributed by atoms with Crippen LogP contribution in [0.3, 0.4) is 0 Å². The number of nitrogens with zero attached hydrogens (tertiary/aromatic N) is 3. The van der Waals surface area contributed by atoms with Gasteiger partial charge in [-0.25, -0.2) is 8.78 Å². The predicted molar refractivity (Wildman–Crippen MR) is 103 cm³/mol. The molecule has 1 N–H and O–H groups in total. The van der Waals surface area contributed by atoms with Crippen LogP contribution in [0.4, 0.5) is 20.2 Å². The molecule has 1 heterocycles. The van der Waals surface area contributed by atoms with Crippen molar-refractivity contribution in [3.63, 3.8) is 0 Å². The fraction of sp³-hybridized carbons (Fsp3) is 0.211. The van der Waals surface area contributed by atoms with E-state index >= 15 is 0 Å². The van der Waals surface area contributed by atoms with E-state index in [1.165, 1.54) is 14.2 Å². The molecular formula is C19H16F2N4O6. The van der Waals surface area contributed by atoms with Crippen molar-refractivity contribution in [2.45, 2.75) is 12.8 Å². The summed E-state index contributed by atoms with van der Waals surface area (Å²) in [5.41, 5.74) is -1.07. The molecule has 1 aromatic heterocycles. The lowest BCUT2D eigenvalue weighted by Gasteiger charge is -2.06. The minimum absolute atomic E-state index is 0.00699. The second-order valence-electron chi connectivity index (χ2n) is 6.20. The summed E-state index contributed by atoms with van der Waals surface area (Å²) in [4.78, 5) is 26.3. The molecule has 0 saturated carbocycles. The van der Waals surface area contributed by atoms with Crippen LogP contribution in [0.2, 0.25) is 0 Å². The number of nitrogens with one attached hydrogen (secondary N) is 1. The van der Waals surface area contributed by atoms with E-state index < -0.39 is 33.8 Å². The van der Waals surface area contributed by atoms with Gasteiger partial charge in [-0.05, 0) is 12.1 Å². The topological polar surface area (TPSA) is 130 Å².